The Morgan fingerprint density at radius 2 is 2.24 bits per heavy atom. The van der Waals surface area contributed by atoms with E-state index >= 15 is 0 Å². The van der Waals surface area contributed by atoms with E-state index in [2.05, 4.69) is 10.3 Å². The van der Waals surface area contributed by atoms with E-state index < -0.39 is 0 Å². The number of amides is 2. The average Bonchev–Trinajstić information content (AvgIpc) is 3.19. The van der Waals surface area contributed by atoms with Crippen molar-refractivity contribution < 1.29 is 14.3 Å². The Morgan fingerprint density at radius 1 is 1.44 bits per heavy atom. The van der Waals surface area contributed by atoms with Gasteiger partial charge in [0.15, 0.2) is 5.13 Å². The minimum Gasteiger partial charge on any atom is -0.496 e. The number of benzene rings is 1. The molecule has 3 rings (SSSR count). The van der Waals surface area contributed by atoms with E-state index in [1.54, 1.807) is 24.8 Å². The summed E-state index contributed by atoms with van der Waals surface area (Å²) >= 11 is 7.71. The smallest absolute Gasteiger partial charge is 0.266 e. The van der Waals surface area contributed by atoms with Crippen LogP contribution in [-0.4, -0.2) is 39.7 Å². The van der Waals surface area contributed by atoms with Crippen molar-refractivity contribution in [2.45, 2.75) is 0 Å². The molecule has 9 heteroatoms. The predicted octanol–water partition coefficient (Wildman–Crippen LogP) is 2.99. The van der Waals surface area contributed by atoms with Crippen LogP contribution < -0.4 is 10.1 Å². The number of thiazole rings is 1. The summed E-state index contributed by atoms with van der Waals surface area (Å²) in [5.41, 5.74) is 0.776. The van der Waals surface area contributed by atoms with Crippen LogP contribution in [0.3, 0.4) is 0 Å². The zero-order chi connectivity index (χ0) is 17.8. The monoisotopic (exact) mass is 391 g/mol. The van der Waals surface area contributed by atoms with E-state index in [0.29, 0.717) is 20.1 Å². The number of carbonyl (C=O) groups excluding carboxylic acids is 2. The number of nitrogens with one attached hydrogen (secondary N) is 1. The molecule has 2 amide bonds. The van der Waals surface area contributed by atoms with E-state index in [4.69, 9.17) is 17.0 Å². The molecule has 1 aliphatic heterocycles. The summed E-state index contributed by atoms with van der Waals surface area (Å²) in [6, 6.07) is 7.37. The number of methoxy groups -OCH3 is 1. The molecule has 1 aliphatic rings. The molecule has 1 N–H and O–H groups in total. The number of nitrogens with zero attached hydrogens (tertiary/aromatic N) is 2. The summed E-state index contributed by atoms with van der Waals surface area (Å²) in [5, 5.41) is 4.88. The molecule has 0 atom stereocenters. The number of anilines is 1. The second-order valence-electron chi connectivity index (χ2n) is 4.90. The molecular formula is C16H13N3O3S3. The average molecular weight is 391 g/mol. The molecule has 0 saturated carbocycles. The van der Waals surface area contributed by atoms with Crippen LogP contribution in [-0.2, 0) is 9.59 Å². The van der Waals surface area contributed by atoms with Crippen molar-refractivity contribution in [3.63, 3.8) is 0 Å². The molecule has 1 saturated heterocycles. The largest absolute Gasteiger partial charge is 0.496 e. The molecule has 1 aromatic carbocycles. The van der Waals surface area contributed by atoms with Crippen molar-refractivity contribution in [2.75, 3.05) is 19.0 Å². The Labute approximate surface area is 157 Å². The van der Waals surface area contributed by atoms with Gasteiger partial charge in [0, 0.05) is 17.1 Å². The minimum absolute atomic E-state index is 0.145. The lowest BCUT2D eigenvalue weighted by atomic mass is 10.2. The number of carbonyl (C=O) groups is 2. The van der Waals surface area contributed by atoms with Gasteiger partial charge in [-0.3, -0.25) is 14.5 Å². The van der Waals surface area contributed by atoms with Gasteiger partial charge in [0.1, 0.15) is 16.6 Å². The van der Waals surface area contributed by atoms with Gasteiger partial charge >= 0.3 is 0 Å². The second kappa shape index (κ2) is 7.77. The molecule has 2 aromatic rings. The van der Waals surface area contributed by atoms with Gasteiger partial charge < -0.3 is 10.1 Å². The second-order valence-corrected chi connectivity index (χ2v) is 7.47. The summed E-state index contributed by atoms with van der Waals surface area (Å²) in [6.07, 6.45) is 3.31. The first-order valence-electron chi connectivity index (χ1n) is 7.16. The van der Waals surface area contributed by atoms with Gasteiger partial charge in [-0.25, -0.2) is 4.98 Å². The molecule has 128 valence electrons. The number of ether oxygens (including phenoxy) is 1. The molecule has 2 heterocycles. The van der Waals surface area contributed by atoms with Crippen molar-refractivity contribution in [1.82, 2.24) is 9.88 Å². The number of hydrogen-bond acceptors (Lipinski definition) is 7. The molecule has 1 fully saturated rings. The first-order chi connectivity index (χ1) is 12.1. The fraction of sp³-hybridized carbons (Fsp3) is 0.125. The highest BCUT2D eigenvalue weighted by Gasteiger charge is 2.33. The van der Waals surface area contributed by atoms with Gasteiger partial charge in [-0.15, -0.1) is 11.3 Å². The van der Waals surface area contributed by atoms with Crippen molar-refractivity contribution in [3.05, 3.63) is 46.3 Å². The van der Waals surface area contributed by atoms with Crippen LogP contribution in [0.5, 0.6) is 5.75 Å². The van der Waals surface area contributed by atoms with Crippen molar-refractivity contribution >= 4 is 62.7 Å². The Kier molecular flexibility index (Phi) is 5.47. The summed E-state index contributed by atoms with van der Waals surface area (Å²) in [7, 11) is 1.57. The van der Waals surface area contributed by atoms with Gasteiger partial charge in [-0.1, -0.05) is 42.2 Å². The molecule has 1 aromatic heterocycles. The summed E-state index contributed by atoms with van der Waals surface area (Å²) in [5.74, 6) is 0.0225. The fourth-order valence-corrected chi connectivity index (χ4v) is 3.94. The van der Waals surface area contributed by atoms with E-state index in [1.165, 1.54) is 28.0 Å². The number of rotatable bonds is 5. The van der Waals surface area contributed by atoms with Crippen LogP contribution in [0.1, 0.15) is 5.56 Å². The van der Waals surface area contributed by atoms with Crippen LogP contribution in [0.15, 0.2) is 40.7 Å². The lowest BCUT2D eigenvalue weighted by molar-refractivity contribution is -0.126. The standard InChI is InChI=1S/C16H13N3O3S3/c1-22-11-5-3-2-4-10(11)8-12-14(21)19(16(23)25-12)9-13(20)18-15-17-6-7-24-15/h2-8H,9H2,1H3,(H,17,18,20)/b12-8-. The molecule has 0 aliphatic carbocycles. The number of aromatic nitrogens is 1. The van der Waals surface area contributed by atoms with E-state index in [9.17, 15) is 9.59 Å². The van der Waals surface area contributed by atoms with Crippen molar-refractivity contribution in [1.29, 1.82) is 0 Å². The molecule has 0 radical (unpaired) electrons. The first kappa shape index (κ1) is 17.6. The van der Waals surface area contributed by atoms with E-state index in [0.717, 1.165) is 5.56 Å². The normalized spacial score (nSPS) is 15.7. The third kappa shape index (κ3) is 4.06. The maximum Gasteiger partial charge on any atom is 0.266 e. The predicted molar refractivity (Wildman–Crippen MR) is 104 cm³/mol. The molecular weight excluding hydrogens is 378 g/mol. The minimum atomic E-state index is -0.343. The third-order valence-electron chi connectivity index (χ3n) is 3.28. The van der Waals surface area contributed by atoms with Gasteiger partial charge in [0.2, 0.25) is 5.91 Å². The molecule has 0 unspecified atom stereocenters. The Bertz CT molecular complexity index is 849. The summed E-state index contributed by atoms with van der Waals surface area (Å²) < 4.78 is 5.63. The van der Waals surface area contributed by atoms with Crippen LogP contribution in [0.4, 0.5) is 5.13 Å². The fourth-order valence-electron chi connectivity index (χ4n) is 2.15. The topological polar surface area (TPSA) is 71.5 Å². The maximum absolute atomic E-state index is 12.6. The lowest BCUT2D eigenvalue weighted by Crippen LogP contribution is -2.36. The summed E-state index contributed by atoms with van der Waals surface area (Å²) in [6.45, 7) is -0.145. The Hall–Kier alpha value is -2.23. The van der Waals surface area contributed by atoms with Crippen LogP contribution in [0, 0.1) is 0 Å². The van der Waals surface area contributed by atoms with Gasteiger partial charge in [-0.05, 0) is 12.1 Å². The van der Waals surface area contributed by atoms with Crippen molar-refractivity contribution in [2.24, 2.45) is 0 Å². The van der Waals surface area contributed by atoms with Crippen LogP contribution in [0.25, 0.3) is 6.08 Å². The Balaban J connectivity index is 1.73. The third-order valence-corrected chi connectivity index (χ3v) is 5.35. The maximum atomic E-state index is 12.6. The molecule has 0 bridgehead atoms. The lowest BCUT2D eigenvalue weighted by Gasteiger charge is -2.13. The van der Waals surface area contributed by atoms with Gasteiger partial charge in [0.05, 0.1) is 12.0 Å². The highest BCUT2D eigenvalue weighted by molar-refractivity contribution is 8.26. The van der Waals surface area contributed by atoms with E-state index in [-0.39, 0.29) is 18.4 Å². The van der Waals surface area contributed by atoms with Crippen molar-refractivity contribution in [3.8, 4) is 5.75 Å². The quantitative estimate of drug-likeness (QED) is 0.624. The SMILES string of the molecule is COc1ccccc1/C=C1\SC(=S)N(CC(=O)Nc2nccs2)C1=O. The molecule has 6 nitrogen and oxygen atoms in total. The van der Waals surface area contributed by atoms with Gasteiger partial charge in [-0.2, -0.15) is 0 Å². The van der Waals surface area contributed by atoms with E-state index in [1.807, 2.05) is 24.3 Å². The number of para-hydroxylation sites is 1. The number of thioether (sulfide) groups is 1. The number of thiocarbonyl (C=S) groups is 1. The highest BCUT2D eigenvalue weighted by Crippen LogP contribution is 2.34. The number of hydrogen-bond donors (Lipinski definition) is 1. The highest BCUT2D eigenvalue weighted by atomic mass is 32.2. The zero-order valence-corrected chi connectivity index (χ0v) is 15.5. The van der Waals surface area contributed by atoms with Gasteiger partial charge in [0.25, 0.3) is 5.91 Å². The van der Waals surface area contributed by atoms with Crippen LogP contribution >= 0.6 is 35.3 Å². The molecule has 0 spiro atoms. The summed E-state index contributed by atoms with van der Waals surface area (Å²) in [4.78, 5) is 30.4. The first-order valence-corrected chi connectivity index (χ1v) is 9.26. The Morgan fingerprint density at radius 3 is 2.96 bits per heavy atom. The zero-order valence-electron chi connectivity index (χ0n) is 13.1. The molecule has 25 heavy (non-hydrogen) atoms. The van der Waals surface area contributed by atoms with Crippen LogP contribution in [0.2, 0.25) is 0 Å².